The van der Waals surface area contributed by atoms with E-state index >= 15 is 0 Å². The van der Waals surface area contributed by atoms with Gasteiger partial charge >= 0.3 is 41.4 Å². The van der Waals surface area contributed by atoms with Crippen molar-refractivity contribution in [3.05, 3.63) is 89.6 Å². The van der Waals surface area contributed by atoms with Crippen LogP contribution in [0.1, 0.15) is 59.2 Å². The summed E-state index contributed by atoms with van der Waals surface area (Å²) < 4.78 is 90.0. The van der Waals surface area contributed by atoms with E-state index in [0.717, 1.165) is 24.3 Å². The summed E-state index contributed by atoms with van der Waals surface area (Å²) in [7, 11) is 0. The molecule has 4 aromatic rings. The second-order valence-electron chi connectivity index (χ2n) is 9.40. The summed E-state index contributed by atoms with van der Waals surface area (Å²) in [5, 5.41) is 17.3. The van der Waals surface area contributed by atoms with Crippen LogP contribution in [0.4, 0.5) is 26.3 Å². The maximum absolute atomic E-state index is 12.5. The zero-order valence-electron chi connectivity index (χ0n) is 24.7. The van der Waals surface area contributed by atoms with E-state index < -0.39 is 35.0 Å². The first-order valence-corrected chi connectivity index (χ1v) is 12.1. The number of rotatable bonds is 5. The van der Waals surface area contributed by atoms with Gasteiger partial charge in [-0.2, -0.15) is 26.3 Å². The van der Waals surface area contributed by atoms with Crippen LogP contribution in [0.15, 0.2) is 57.6 Å². The Bertz CT molecular complexity index is 1490. The topological polar surface area (TPSA) is 98.6 Å². The standard InChI is InChI=1S/C14H12F3NO3.C14H14F3NO2.CH3.BrH.Mg/c1-3-20-13(19)11-8(2)12(21-18-11)9-4-6-10(7-5-9)14(15,16)17;1-8-11(20-18-12(8)13(2,3)19)9-4-6-10(7-5-9)14(15,16)17;;;/h4-7H,3H2,1-2H3;4-7,19H,1-3H3;1H3;1H;/q;;-1;;+2/p-1. The summed E-state index contributed by atoms with van der Waals surface area (Å²) >= 11 is 0. The van der Waals surface area contributed by atoms with Gasteiger partial charge in [0.05, 0.1) is 17.7 Å². The van der Waals surface area contributed by atoms with E-state index in [2.05, 4.69) is 10.3 Å². The van der Waals surface area contributed by atoms with Crippen LogP contribution in [0.3, 0.4) is 0 Å². The minimum atomic E-state index is -4.40. The number of halogens is 7. The average molecular weight is 704 g/mol. The summed E-state index contributed by atoms with van der Waals surface area (Å²) in [4.78, 5) is 11.6. The van der Waals surface area contributed by atoms with E-state index in [4.69, 9.17) is 13.8 Å². The Balaban J connectivity index is 0.000000788. The minimum Gasteiger partial charge on any atom is -1.00 e. The SMILES string of the molecule is CCOC(=O)c1noc(-c2ccc(C(F)(F)F)cc2)c1C.Cc1c(C(C)(C)O)noc1-c1ccc(C(F)(F)F)cc1.[Br-].[CH3-].[Mg+2]. The monoisotopic (exact) mass is 702 g/mol. The van der Waals surface area contributed by atoms with Crippen LogP contribution >= 0.6 is 0 Å². The molecule has 0 aliphatic carbocycles. The van der Waals surface area contributed by atoms with Crippen LogP contribution in [0.5, 0.6) is 0 Å². The molecule has 2 heterocycles. The van der Waals surface area contributed by atoms with Gasteiger partial charge in [-0.1, -0.05) is 34.6 Å². The molecule has 0 fully saturated rings. The van der Waals surface area contributed by atoms with Crippen LogP contribution in [0.25, 0.3) is 22.6 Å². The molecule has 236 valence electrons. The van der Waals surface area contributed by atoms with Crippen molar-refractivity contribution in [2.45, 2.75) is 52.6 Å². The fraction of sp³-hybridized carbons (Fsp3) is 0.310. The average Bonchev–Trinajstić information content (AvgIpc) is 3.46. The van der Waals surface area contributed by atoms with Gasteiger partial charge in [0, 0.05) is 22.3 Å². The van der Waals surface area contributed by atoms with E-state index in [1.54, 1.807) is 34.6 Å². The predicted molar refractivity (Wildman–Crippen MR) is 147 cm³/mol. The Morgan fingerprint density at radius 3 is 1.52 bits per heavy atom. The van der Waals surface area contributed by atoms with Crippen LogP contribution in [-0.2, 0) is 22.7 Å². The molecule has 4 rings (SSSR count). The number of aliphatic hydroxyl groups is 1. The first kappa shape index (κ1) is 41.1. The molecule has 0 aliphatic rings. The number of ether oxygens (including phenoxy) is 1. The molecule has 2 aromatic carbocycles. The molecule has 2 aromatic heterocycles. The smallest absolute Gasteiger partial charge is 1.00 e. The molecule has 0 radical (unpaired) electrons. The summed E-state index contributed by atoms with van der Waals surface area (Å²) in [5.74, 6) is -0.0282. The van der Waals surface area contributed by atoms with Crippen LogP contribution in [0.2, 0.25) is 0 Å². The molecule has 44 heavy (non-hydrogen) atoms. The molecule has 0 aliphatic heterocycles. The van der Waals surface area contributed by atoms with Gasteiger partial charge in [-0.05, 0) is 58.9 Å². The number of hydrogen-bond donors (Lipinski definition) is 1. The van der Waals surface area contributed by atoms with Gasteiger partial charge in [-0.15, -0.1) is 0 Å². The Morgan fingerprint density at radius 1 is 0.795 bits per heavy atom. The number of nitrogens with zero attached hydrogens (tertiary/aromatic N) is 2. The number of aromatic nitrogens is 2. The minimum absolute atomic E-state index is 0. The molecule has 0 atom stereocenters. The third-order valence-corrected chi connectivity index (χ3v) is 5.85. The third-order valence-electron chi connectivity index (χ3n) is 5.85. The number of hydrogen-bond acceptors (Lipinski definition) is 7. The molecule has 0 spiro atoms. The third kappa shape index (κ3) is 9.81. The molecule has 0 saturated carbocycles. The second kappa shape index (κ2) is 15.9. The number of carbonyl (C=O) groups excluding carboxylic acids is 1. The van der Waals surface area contributed by atoms with Crippen molar-refractivity contribution >= 4 is 29.0 Å². The Hall–Kier alpha value is -2.88. The van der Waals surface area contributed by atoms with Gasteiger partial charge in [0.1, 0.15) is 11.3 Å². The molecule has 0 amide bonds. The maximum atomic E-state index is 12.5. The van der Waals surface area contributed by atoms with E-state index in [-0.39, 0.29) is 65.5 Å². The zero-order valence-corrected chi connectivity index (χ0v) is 27.7. The summed E-state index contributed by atoms with van der Waals surface area (Å²) in [6, 6.07) is 9.05. The van der Waals surface area contributed by atoms with Crippen molar-refractivity contribution in [1.29, 1.82) is 0 Å². The zero-order chi connectivity index (χ0) is 30.8. The van der Waals surface area contributed by atoms with Gasteiger partial charge in [-0.3, -0.25) is 0 Å². The number of esters is 1. The fourth-order valence-corrected chi connectivity index (χ4v) is 3.79. The number of benzene rings is 2. The largest absolute Gasteiger partial charge is 2.00 e. The van der Waals surface area contributed by atoms with Gasteiger partial charge < -0.3 is 43.3 Å². The molecule has 7 nitrogen and oxygen atoms in total. The van der Waals surface area contributed by atoms with Crippen LogP contribution in [-0.4, -0.2) is 51.0 Å². The Morgan fingerprint density at radius 2 is 1.18 bits per heavy atom. The van der Waals surface area contributed by atoms with Crippen molar-refractivity contribution in [2.24, 2.45) is 0 Å². The maximum Gasteiger partial charge on any atom is 2.00 e. The van der Waals surface area contributed by atoms with Gasteiger partial charge in [0.15, 0.2) is 17.2 Å². The molecule has 0 saturated heterocycles. The van der Waals surface area contributed by atoms with Crippen molar-refractivity contribution in [3.63, 3.8) is 0 Å². The van der Waals surface area contributed by atoms with E-state index in [0.29, 0.717) is 33.7 Å². The number of carbonyl (C=O) groups is 1. The molecule has 0 bridgehead atoms. The van der Waals surface area contributed by atoms with E-state index in [1.165, 1.54) is 24.3 Å². The van der Waals surface area contributed by atoms with Crippen molar-refractivity contribution in [1.82, 2.24) is 10.3 Å². The summed E-state index contributed by atoms with van der Waals surface area (Å²) in [5.41, 5.74) is -0.334. The second-order valence-corrected chi connectivity index (χ2v) is 9.40. The van der Waals surface area contributed by atoms with Crippen molar-refractivity contribution in [2.75, 3.05) is 6.61 Å². The van der Waals surface area contributed by atoms with E-state index in [9.17, 15) is 36.2 Å². The number of alkyl halides is 6. The molecular formula is C29H29BrF6MgN2O5. The quantitative estimate of drug-likeness (QED) is 0.138. The van der Waals surface area contributed by atoms with Crippen LogP contribution in [0, 0.1) is 21.3 Å². The molecule has 0 unspecified atom stereocenters. The van der Waals surface area contributed by atoms with E-state index in [1.807, 2.05) is 0 Å². The predicted octanol–water partition coefficient (Wildman–Crippen LogP) is 4.82. The normalized spacial score (nSPS) is 11.3. The van der Waals surface area contributed by atoms with Crippen LogP contribution < -0.4 is 17.0 Å². The Labute approximate surface area is 276 Å². The summed E-state index contributed by atoms with van der Waals surface area (Å²) in [6.45, 7) is 8.28. The summed E-state index contributed by atoms with van der Waals surface area (Å²) in [6.07, 6.45) is -8.77. The molecular weight excluding hydrogens is 675 g/mol. The van der Waals surface area contributed by atoms with Crippen molar-refractivity contribution in [3.8, 4) is 22.6 Å². The molecule has 1 N–H and O–H groups in total. The van der Waals surface area contributed by atoms with Gasteiger partial charge in [-0.25, -0.2) is 4.79 Å². The molecule has 15 heteroatoms. The van der Waals surface area contributed by atoms with Gasteiger partial charge in [0.2, 0.25) is 0 Å². The van der Waals surface area contributed by atoms with Crippen molar-refractivity contribution < 1.29 is 67.0 Å². The first-order valence-electron chi connectivity index (χ1n) is 12.1. The Kier molecular flexibility index (Phi) is 14.9. The first-order chi connectivity index (χ1) is 18.9. The van der Waals surface area contributed by atoms with Gasteiger partial charge in [0.25, 0.3) is 0 Å². The fourth-order valence-electron chi connectivity index (χ4n) is 3.79.